The maximum Gasteiger partial charge on any atom is 0.201 e. The van der Waals surface area contributed by atoms with Crippen molar-refractivity contribution >= 4 is 17.5 Å². The van der Waals surface area contributed by atoms with Crippen molar-refractivity contribution in [1.82, 2.24) is 9.55 Å². The Labute approximate surface area is 111 Å². The first-order chi connectivity index (χ1) is 8.45. The lowest BCUT2D eigenvalue weighted by Crippen LogP contribution is -1.96. The Kier molecular flexibility index (Phi) is 3.22. The first-order valence-electron chi connectivity index (χ1n) is 5.59. The number of imidazole rings is 1. The van der Waals surface area contributed by atoms with Gasteiger partial charge in [-0.25, -0.2) is 4.98 Å². The van der Waals surface area contributed by atoms with Crippen molar-refractivity contribution in [2.24, 2.45) is 7.05 Å². The summed E-state index contributed by atoms with van der Waals surface area (Å²) in [6, 6.07) is 4.03. The molecule has 0 unspecified atom stereocenters. The molecule has 96 valence electrons. The van der Waals surface area contributed by atoms with Crippen LogP contribution < -0.4 is 10.5 Å². The number of benzene rings is 1. The summed E-state index contributed by atoms with van der Waals surface area (Å²) in [7, 11) is 3.42. The van der Waals surface area contributed by atoms with Crippen molar-refractivity contribution in [2.75, 3.05) is 12.8 Å². The number of nitrogens with two attached hydrogens (primary N) is 1. The largest absolute Gasteiger partial charge is 0.496 e. The first-order valence-corrected chi connectivity index (χ1v) is 5.96. The van der Waals surface area contributed by atoms with E-state index in [1.54, 1.807) is 18.7 Å². The third kappa shape index (κ3) is 1.93. The molecule has 2 rings (SSSR count). The van der Waals surface area contributed by atoms with Crippen molar-refractivity contribution in [3.63, 3.8) is 0 Å². The summed E-state index contributed by atoms with van der Waals surface area (Å²) in [5.41, 5.74) is 9.52. The minimum atomic E-state index is 0.386. The van der Waals surface area contributed by atoms with E-state index in [1.165, 1.54) is 0 Å². The lowest BCUT2D eigenvalue weighted by Gasteiger charge is -2.11. The number of nitrogen functional groups attached to an aromatic ring is 1. The van der Waals surface area contributed by atoms with Gasteiger partial charge in [0, 0.05) is 12.6 Å². The molecule has 0 atom stereocenters. The second-order valence-electron chi connectivity index (χ2n) is 4.33. The van der Waals surface area contributed by atoms with Gasteiger partial charge in [-0.3, -0.25) is 0 Å². The van der Waals surface area contributed by atoms with Gasteiger partial charge < -0.3 is 15.0 Å². The maximum atomic E-state index is 6.25. The summed E-state index contributed by atoms with van der Waals surface area (Å²) in [5, 5.41) is 0.512. The highest BCUT2D eigenvalue weighted by molar-refractivity contribution is 6.32. The van der Waals surface area contributed by atoms with E-state index in [2.05, 4.69) is 11.1 Å². The number of methoxy groups -OCH3 is 1. The molecule has 2 aromatic rings. The maximum absolute atomic E-state index is 6.25. The summed E-state index contributed by atoms with van der Waals surface area (Å²) in [5.74, 6) is 1.14. The molecular formula is C13H16ClN3O. The van der Waals surface area contributed by atoms with Crippen molar-refractivity contribution in [3.05, 3.63) is 28.4 Å². The van der Waals surface area contributed by atoms with Gasteiger partial charge in [0.15, 0.2) is 0 Å². The molecule has 1 heterocycles. The fourth-order valence-electron chi connectivity index (χ4n) is 2.05. The molecule has 0 aliphatic rings. The molecule has 1 aromatic heterocycles. The average Bonchev–Trinajstić information content (AvgIpc) is 2.56. The number of ether oxygens (including phenoxy) is 1. The van der Waals surface area contributed by atoms with Crippen LogP contribution in [-0.4, -0.2) is 16.7 Å². The van der Waals surface area contributed by atoms with Crippen LogP contribution in [0.4, 0.5) is 5.95 Å². The van der Waals surface area contributed by atoms with Crippen molar-refractivity contribution in [2.45, 2.75) is 13.8 Å². The topological polar surface area (TPSA) is 53.1 Å². The molecule has 18 heavy (non-hydrogen) atoms. The molecule has 0 fully saturated rings. The molecule has 0 spiro atoms. The Hall–Kier alpha value is -1.68. The molecule has 1 aromatic carbocycles. The Morgan fingerprint density at radius 3 is 2.50 bits per heavy atom. The highest BCUT2D eigenvalue weighted by atomic mass is 35.5. The van der Waals surface area contributed by atoms with E-state index in [-0.39, 0.29) is 0 Å². The van der Waals surface area contributed by atoms with Gasteiger partial charge >= 0.3 is 0 Å². The third-order valence-corrected chi connectivity index (χ3v) is 3.39. The van der Waals surface area contributed by atoms with Crippen LogP contribution in [0.2, 0.25) is 5.15 Å². The van der Waals surface area contributed by atoms with Gasteiger partial charge in [0.1, 0.15) is 16.6 Å². The fraction of sp³-hybridized carbons (Fsp3) is 0.308. The van der Waals surface area contributed by atoms with Crippen LogP contribution in [0.3, 0.4) is 0 Å². The number of halogens is 1. The van der Waals surface area contributed by atoms with Gasteiger partial charge in [-0.05, 0) is 31.0 Å². The van der Waals surface area contributed by atoms with Crippen LogP contribution in [0.5, 0.6) is 5.75 Å². The van der Waals surface area contributed by atoms with Crippen LogP contribution in [0.15, 0.2) is 12.1 Å². The Morgan fingerprint density at radius 1 is 1.33 bits per heavy atom. The number of aromatic nitrogens is 2. The van der Waals surface area contributed by atoms with Crippen LogP contribution in [0.1, 0.15) is 11.1 Å². The lowest BCUT2D eigenvalue weighted by molar-refractivity contribution is 0.415. The predicted molar refractivity (Wildman–Crippen MR) is 74.1 cm³/mol. The minimum absolute atomic E-state index is 0.386. The average molecular weight is 266 g/mol. The van der Waals surface area contributed by atoms with Crippen molar-refractivity contribution < 1.29 is 4.74 Å². The molecule has 0 saturated heterocycles. The molecule has 5 heteroatoms. The monoisotopic (exact) mass is 265 g/mol. The molecule has 0 radical (unpaired) electrons. The number of nitrogens with zero attached hydrogens (tertiary/aromatic N) is 2. The van der Waals surface area contributed by atoms with Crippen LogP contribution in [0, 0.1) is 13.8 Å². The van der Waals surface area contributed by atoms with E-state index in [0.29, 0.717) is 16.8 Å². The van der Waals surface area contributed by atoms with Gasteiger partial charge in [0.05, 0.1) is 7.11 Å². The zero-order chi connectivity index (χ0) is 13.4. The van der Waals surface area contributed by atoms with Crippen LogP contribution in [0.25, 0.3) is 11.3 Å². The standard InChI is InChI=1S/C13H16ClN3O/c1-7-5-8(2)10(9(6-7)18-4)11-12(14)17(3)13(15)16-11/h5-6H,1-4H3,(H2,15,16). The molecule has 2 N–H and O–H groups in total. The Bertz CT molecular complexity index is 605. The second-order valence-corrected chi connectivity index (χ2v) is 4.69. The van der Waals surface area contributed by atoms with E-state index in [4.69, 9.17) is 22.1 Å². The molecule has 0 saturated carbocycles. The molecule has 0 aliphatic heterocycles. The second kappa shape index (κ2) is 4.53. The predicted octanol–water partition coefficient (Wildman–Crippen LogP) is 2.95. The van der Waals surface area contributed by atoms with E-state index in [0.717, 1.165) is 22.4 Å². The van der Waals surface area contributed by atoms with Crippen molar-refractivity contribution in [1.29, 1.82) is 0 Å². The van der Waals surface area contributed by atoms with E-state index in [1.807, 2.05) is 19.9 Å². The summed E-state index contributed by atoms with van der Waals surface area (Å²) in [4.78, 5) is 4.31. The SMILES string of the molecule is COc1cc(C)cc(C)c1-c1nc(N)n(C)c1Cl. The number of hydrogen-bond acceptors (Lipinski definition) is 3. The summed E-state index contributed by atoms with van der Waals surface area (Å²) < 4.78 is 7.07. The van der Waals surface area contributed by atoms with Gasteiger partial charge in [-0.15, -0.1) is 0 Å². The summed E-state index contributed by atoms with van der Waals surface area (Å²) in [6.07, 6.45) is 0. The molecule has 0 bridgehead atoms. The quantitative estimate of drug-likeness (QED) is 0.908. The zero-order valence-corrected chi connectivity index (χ0v) is 11.7. The van der Waals surface area contributed by atoms with E-state index >= 15 is 0 Å². The smallest absolute Gasteiger partial charge is 0.201 e. The highest BCUT2D eigenvalue weighted by Gasteiger charge is 2.18. The first kappa shape index (κ1) is 12.8. The Balaban J connectivity index is 2.74. The zero-order valence-electron chi connectivity index (χ0n) is 10.9. The molecular weight excluding hydrogens is 250 g/mol. The number of hydrogen-bond donors (Lipinski definition) is 1. The normalized spacial score (nSPS) is 10.7. The van der Waals surface area contributed by atoms with Gasteiger partial charge in [-0.2, -0.15) is 0 Å². The van der Waals surface area contributed by atoms with Crippen LogP contribution in [-0.2, 0) is 7.05 Å². The fourth-order valence-corrected chi connectivity index (χ4v) is 2.27. The molecule has 0 amide bonds. The summed E-state index contributed by atoms with van der Waals surface area (Å²) in [6.45, 7) is 4.03. The number of anilines is 1. The lowest BCUT2D eigenvalue weighted by atomic mass is 10.0. The van der Waals surface area contributed by atoms with Crippen LogP contribution >= 0.6 is 11.6 Å². The van der Waals surface area contributed by atoms with Gasteiger partial charge in [0.2, 0.25) is 5.95 Å². The minimum Gasteiger partial charge on any atom is -0.496 e. The van der Waals surface area contributed by atoms with Crippen molar-refractivity contribution in [3.8, 4) is 17.0 Å². The number of aryl methyl sites for hydroxylation is 2. The molecule has 4 nitrogen and oxygen atoms in total. The van der Waals surface area contributed by atoms with Gasteiger partial charge in [0.25, 0.3) is 0 Å². The van der Waals surface area contributed by atoms with E-state index < -0.39 is 0 Å². The van der Waals surface area contributed by atoms with E-state index in [9.17, 15) is 0 Å². The Morgan fingerprint density at radius 2 is 2.00 bits per heavy atom. The molecule has 0 aliphatic carbocycles. The van der Waals surface area contributed by atoms with Gasteiger partial charge in [-0.1, -0.05) is 17.7 Å². The number of rotatable bonds is 2. The third-order valence-electron chi connectivity index (χ3n) is 2.96. The summed E-state index contributed by atoms with van der Waals surface area (Å²) >= 11 is 6.25. The highest BCUT2D eigenvalue weighted by Crippen LogP contribution is 2.38.